The minimum Gasteiger partial charge on any atom is -0.507 e. The van der Waals surface area contributed by atoms with Gasteiger partial charge in [-0.05, 0) is 35.4 Å². The summed E-state index contributed by atoms with van der Waals surface area (Å²) in [5.74, 6) is 0.308. The van der Waals surface area contributed by atoms with Crippen LogP contribution in [0.15, 0.2) is 97.1 Å². The van der Waals surface area contributed by atoms with E-state index in [0.717, 1.165) is 39.0 Å². The predicted octanol–water partition coefficient (Wildman–Crippen LogP) is 6.78. The van der Waals surface area contributed by atoms with Gasteiger partial charge >= 0.3 is 0 Å². The number of fused-ring (bicyclic) bond motifs is 1. The van der Waals surface area contributed by atoms with Gasteiger partial charge in [0.05, 0.1) is 5.69 Å². The molecule has 0 radical (unpaired) electrons. The van der Waals surface area contributed by atoms with Crippen molar-refractivity contribution in [2.75, 3.05) is 0 Å². The van der Waals surface area contributed by atoms with Crippen molar-refractivity contribution < 1.29 is 5.11 Å². The number of nitrogens with zero attached hydrogens (tertiary/aromatic N) is 3. The normalized spacial score (nSPS) is 12.2. The van der Waals surface area contributed by atoms with E-state index < -0.39 is 10.8 Å². The van der Waals surface area contributed by atoms with E-state index in [9.17, 15) is 5.11 Å². The SMILES string of the molecule is CC(C)(c1ccccc1)c1cc(-n2nc3ccccc3n2)cc(C(C)(C)c2ccccc2)c1O. The molecule has 0 fully saturated rings. The summed E-state index contributed by atoms with van der Waals surface area (Å²) in [4.78, 5) is 1.68. The summed E-state index contributed by atoms with van der Waals surface area (Å²) in [6.07, 6.45) is 0. The van der Waals surface area contributed by atoms with Gasteiger partial charge in [-0.2, -0.15) is 4.80 Å². The molecule has 0 aliphatic rings. The third-order valence-electron chi connectivity index (χ3n) is 6.95. The van der Waals surface area contributed by atoms with Crippen LogP contribution in [0.4, 0.5) is 0 Å². The smallest absolute Gasteiger partial charge is 0.123 e. The highest BCUT2D eigenvalue weighted by Gasteiger charge is 2.33. The van der Waals surface area contributed by atoms with Crippen molar-refractivity contribution >= 4 is 11.0 Å². The first kappa shape index (κ1) is 21.9. The third-order valence-corrected chi connectivity index (χ3v) is 6.95. The lowest BCUT2D eigenvalue weighted by Crippen LogP contribution is -2.24. The van der Waals surface area contributed by atoms with E-state index in [2.05, 4.69) is 52.0 Å². The van der Waals surface area contributed by atoms with Crippen molar-refractivity contribution in [1.82, 2.24) is 15.0 Å². The highest BCUT2D eigenvalue weighted by atomic mass is 16.3. The van der Waals surface area contributed by atoms with Gasteiger partial charge in [0.2, 0.25) is 0 Å². The molecular weight excluding hydrogens is 418 g/mol. The fraction of sp³-hybridized carbons (Fsp3) is 0.200. The number of phenols is 1. The Hall–Kier alpha value is -3.92. The summed E-state index contributed by atoms with van der Waals surface area (Å²) < 4.78 is 0. The van der Waals surface area contributed by atoms with Crippen molar-refractivity contribution in [3.05, 3.63) is 119 Å². The molecule has 0 bridgehead atoms. The zero-order chi connectivity index (χ0) is 23.9. The van der Waals surface area contributed by atoms with E-state index >= 15 is 0 Å². The molecular formula is C30H29N3O. The molecule has 170 valence electrons. The molecule has 0 atom stereocenters. The molecule has 0 amide bonds. The zero-order valence-corrected chi connectivity index (χ0v) is 20.0. The first-order valence-corrected chi connectivity index (χ1v) is 11.6. The van der Waals surface area contributed by atoms with Gasteiger partial charge in [-0.15, -0.1) is 10.2 Å². The van der Waals surface area contributed by atoms with Crippen LogP contribution in [0.3, 0.4) is 0 Å². The van der Waals surface area contributed by atoms with Gasteiger partial charge in [0, 0.05) is 22.0 Å². The van der Waals surface area contributed by atoms with Crippen LogP contribution in [0.5, 0.6) is 5.75 Å². The monoisotopic (exact) mass is 447 g/mol. The van der Waals surface area contributed by atoms with E-state index in [1.165, 1.54) is 0 Å². The average molecular weight is 448 g/mol. The molecule has 0 spiro atoms. The number of aromatic nitrogens is 3. The number of hydrogen-bond acceptors (Lipinski definition) is 3. The van der Waals surface area contributed by atoms with Crippen molar-refractivity contribution in [2.24, 2.45) is 0 Å². The molecule has 5 rings (SSSR count). The van der Waals surface area contributed by atoms with Crippen LogP contribution in [-0.2, 0) is 10.8 Å². The Morgan fingerprint density at radius 1 is 0.588 bits per heavy atom. The number of hydrogen-bond donors (Lipinski definition) is 1. The van der Waals surface area contributed by atoms with Gasteiger partial charge in [0.25, 0.3) is 0 Å². The van der Waals surface area contributed by atoms with Crippen molar-refractivity contribution in [1.29, 1.82) is 0 Å². The molecule has 34 heavy (non-hydrogen) atoms. The summed E-state index contributed by atoms with van der Waals surface area (Å²) in [6, 6.07) is 32.5. The number of aromatic hydroxyl groups is 1. The Bertz CT molecular complexity index is 1350. The van der Waals surface area contributed by atoms with Gasteiger partial charge in [-0.3, -0.25) is 0 Å². The minimum absolute atomic E-state index is 0.308. The molecule has 0 aliphatic heterocycles. The zero-order valence-electron chi connectivity index (χ0n) is 20.0. The highest BCUT2D eigenvalue weighted by molar-refractivity contribution is 5.73. The number of rotatable bonds is 5. The average Bonchev–Trinajstić information content (AvgIpc) is 3.29. The third kappa shape index (κ3) is 3.65. The quantitative estimate of drug-likeness (QED) is 0.323. The molecule has 4 aromatic carbocycles. The maximum Gasteiger partial charge on any atom is 0.123 e. The van der Waals surface area contributed by atoms with Gasteiger partial charge in [-0.25, -0.2) is 0 Å². The highest BCUT2D eigenvalue weighted by Crippen LogP contribution is 2.45. The fourth-order valence-electron chi connectivity index (χ4n) is 4.68. The largest absolute Gasteiger partial charge is 0.507 e. The summed E-state index contributed by atoms with van der Waals surface area (Å²) in [5.41, 5.74) is 5.58. The Morgan fingerprint density at radius 2 is 0.971 bits per heavy atom. The van der Waals surface area contributed by atoms with Crippen molar-refractivity contribution in [3.8, 4) is 11.4 Å². The standard InChI is InChI=1S/C30H29N3O/c1-29(2,21-13-7-5-8-14-21)24-19-23(33-31-26-17-11-12-18-27(26)32-33)20-25(28(24)34)30(3,4)22-15-9-6-10-16-22/h5-20,34H,1-4H3. The predicted molar refractivity (Wildman–Crippen MR) is 138 cm³/mol. The fourth-order valence-corrected chi connectivity index (χ4v) is 4.68. The number of phenolic OH excluding ortho intramolecular Hbond substituents is 1. The molecule has 1 heterocycles. The van der Waals surface area contributed by atoms with Crippen LogP contribution in [-0.4, -0.2) is 20.1 Å². The minimum atomic E-state index is -0.435. The molecule has 4 heteroatoms. The van der Waals surface area contributed by atoms with E-state index in [1.807, 2.05) is 72.8 Å². The maximum atomic E-state index is 11.7. The van der Waals surface area contributed by atoms with E-state index in [1.54, 1.807) is 4.80 Å². The van der Waals surface area contributed by atoms with Crippen molar-refractivity contribution in [2.45, 2.75) is 38.5 Å². The molecule has 1 aromatic heterocycles. The lowest BCUT2D eigenvalue weighted by Gasteiger charge is -2.33. The van der Waals surface area contributed by atoms with Gasteiger partial charge in [0.15, 0.2) is 0 Å². The molecule has 0 saturated carbocycles. The summed E-state index contributed by atoms with van der Waals surface area (Å²) in [5, 5.41) is 21.2. The van der Waals surface area contributed by atoms with Crippen LogP contribution >= 0.6 is 0 Å². The molecule has 0 saturated heterocycles. The molecule has 0 aliphatic carbocycles. The van der Waals surface area contributed by atoms with E-state index in [-0.39, 0.29) is 0 Å². The van der Waals surface area contributed by atoms with E-state index in [0.29, 0.717) is 5.75 Å². The van der Waals surface area contributed by atoms with Crippen LogP contribution in [0.2, 0.25) is 0 Å². The van der Waals surface area contributed by atoms with Crippen LogP contribution < -0.4 is 0 Å². The summed E-state index contributed by atoms with van der Waals surface area (Å²) >= 11 is 0. The van der Waals surface area contributed by atoms with Crippen LogP contribution in [0, 0.1) is 0 Å². The van der Waals surface area contributed by atoms with Crippen LogP contribution in [0.25, 0.3) is 16.7 Å². The summed E-state index contributed by atoms with van der Waals surface area (Å²) in [7, 11) is 0. The topological polar surface area (TPSA) is 50.9 Å². The Kier molecular flexibility index (Phi) is 5.24. The van der Waals surface area contributed by atoms with Gasteiger partial charge in [-0.1, -0.05) is 100 Å². The maximum absolute atomic E-state index is 11.7. The molecule has 5 aromatic rings. The lowest BCUT2D eigenvalue weighted by molar-refractivity contribution is 0.433. The van der Waals surface area contributed by atoms with Gasteiger partial charge in [0.1, 0.15) is 16.8 Å². The second-order valence-electron chi connectivity index (χ2n) is 9.85. The van der Waals surface area contributed by atoms with Crippen LogP contribution in [0.1, 0.15) is 49.9 Å². The first-order chi connectivity index (χ1) is 16.3. The first-order valence-electron chi connectivity index (χ1n) is 11.6. The van der Waals surface area contributed by atoms with E-state index in [4.69, 9.17) is 10.2 Å². The Balaban J connectivity index is 1.78. The second-order valence-corrected chi connectivity index (χ2v) is 9.85. The molecule has 0 unspecified atom stereocenters. The Morgan fingerprint density at radius 3 is 1.38 bits per heavy atom. The number of benzene rings is 4. The molecule has 1 N–H and O–H groups in total. The molecule has 4 nitrogen and oxygen atoms in total. The second kappa shape index (κ2) is 8.14. The summed E-state index contributed by atoms with van der Waals surface area (Å²) in [6.45, 7) is 8.59. The van der Waals surface area contributed by atoms with Crippen molar-refractivity contribution in [3.63, 3.8) is 0 Å². The lowest BCUT2D eigenvalue weighted by atomic mass is 9.72. The van der Waals surface area contributed by atoms with Gasteiger partial charge < -0.3 is 5.11 Å². The Labute approximate surface area is 200 Å².